The molecule has 0 spiro atoms. The van der Waals surface area contributed by atoms with Crippen molar-refractivity contribution in [2.24, 2.45) is 5.92 Å². The maximum Gasteiger partial charge on any atom is 0.251 e. The lowest BCUT2D eigenvalue weighted by atomic mass is 9.95. The van der Waals surface area contributed by atoms with Crippen molar-refractivity contribution in [2.75, 3.05) is 6.61 Å². The van der Waals surface area contributed by atoms with E-state index in [0.29, 0.717) is 5.56 Å². The van der Waals surface area contributed by atoms with Gasteiger partial charge in [-0.25, -0.2) is 0 Å². The number of carbonyl (C=O) groups excluding carboxylic acids is 1. The van der Waals surface area contributed by atoms with Crippen molar-refractivity contribution in [2.45, 2.75) is 38.1 Å². The molecule has 2 unspecified atom stereocenters. The van der Waals surface area contributed by atoms with Crippen molar-refractivity contribution in [3.05, 3.63) is 42.1 Å². The van der Waals surface area contributed by atoms with Crippen LogP contribution in [0.1, 0.15) is 42.5 Å². The lowest BCUT2D eigenvalue weighted by Gasteiger charge is -2.24. The van der Waals surface area contributed by atoms with Gasteiger partial charge in [0.1, 0.15) is 0 Å². The van der Waals surface area contributed by atoms with Gasteiger partial charge in [0.25, 0.3) is 5.91 Å². The summed E-state index contributed by atoms with van der Waals surface area (Å²) >= 11 is 0. The number of rotatable bonds is 3. The average Bonchev–Trinajstić information content (AvgIpc) is 2.79. The number of fused-ring (bicyclic) bond motifs is 1. The van der Waals surface area contributed by atoms with Crippen molar-refractivity contribution in [3.8, 4) is 0 Å². The molecule has 1 aromatic carbocycles. The van der Waals surface area contributed by atoms with Crippen molar-refractivity contribution in [1.82, 2.24) is 10.3 Å². The third kappa shape index (κ3) is 3.28. The molecule has 2 atom stereocenters. The predicted molar refractivity (Wildman–Crippen MR) is 86.7 cm³/mol. The van der Waals surface area contributed by atoms with Crippen LogP contribution in [0.4, 0.5) is 0 Å². The lowest BCUT2D eigenvalue weighted by molar-refractivity contribution is 0.0899. The molecule has 0 saturated heterocycles. The van der Waals surface area contributed by atoms with Crippen LogP contribution in [0.2, 0.25) is 0 Å². The van der Waals surface area contributed by atoms with E-state index >= 15 is 0 Å². The normalized spacial score (nSPS) is 22.2. The third-order valence-corrected chi connectivity index (χ3v) is 4.58. The Balaban J connectivity index is 1.76. The van der Waals surface area contributed by atoms with Crippen LogP contribution in [-0.2, 0) is 0 Å². The molecule has 1 heterocycles. The van der Waals surface area contributed by atoms with E-state index in [1.54, 1.807) is 6.20 Å². The highest BCUT2D eigenvalue weighted by molar-refractivity contribution is 5.98. The number of hydrogen-bond acceptors (Lipinski definition) is 3. The largest absolute Gasteiger partial charge is 0.396 e. The minimum Gasteiger partial charge on any atom is -0.396 e. The molecule has 1 aromatic heterocycles. The standard InChI is InChI=1S/C18H22N2O2/c21-12-15-5-2-1-3-7-17(15)20-18(22)14-8-9-16-13(11-14)6-4-10-19-16/h4,6,8-11,15,17,21H,1-3,5,7,12H2,(H,20,22). The maximum absolute atomic E-state index is 12.5. The Labute approximate surface area is 130 Å². The van der Waals surface area contributed by atoms with Gasteiger partial charge < -0.3 is 10.4 Å². The van der Waals surface area contributed by atoms with Gasteiger partial charge in [-0.1, -0.05) is 25.3 Å². The molecule has 0 aliphatic heterocycles. The summed E-state index contributed by atoms with van der Waals surface area (Å²) in [4.78, 5) is 16.8. The van der Waals surface area contributed by atoms with Crippen molar-refractivity contribution in [1.29, 1.82) is 0 Å². The van der Waals surface area contributed by atoms with Crippen LogP contribution in [0.3, 0.4) is 0 Å². The first-order valence-corrected chi connectivity index (χ1v) is 8.04. The summed E-state index contributed by atoms with van der Waals surface area (Å²) in [6.45, 7) is 0.145. The summed E-state index contributed by atoms with van der Waals surface area (Å²) < 4.78 is 0. The van der Waals surface area contributed by atoms with Crippen LogP contribution in [0, 0.1) is 5.92 Å². The van der Waals surface area contributed by atoms with Crippen LogP contribution < -0.4 is 5.32 Å². The zero-order valence-electron chi connectivity index (χ0n) is 12.7. The summed E-state index contributed by atoms with van der Waals surface area (Å²) in [6, 6.07) is 9.47. The number of pyridine rings is 1. The van der Waals surface area contributed by atoms with Gasteiger partial charge in [-0.3, -0.25) is 9.78 Å². The Bertz CT molecular complexity index is 656. The van der Waals surface area contributed by atoms with E-state index < -0.39 is 0 Å². The van der Waals surface area contributed by atoms with Gasteiger partial charge in [0.05, 0.1) is 5.52 Å². The van der Waals surface area contributed by atoms with Gasteiger partial charge in [-0.05, 0) is 37.1 Å². The molecule has 4 nitrogen and oxygen atoms in total. The number of benzene rings is 1. The maximum atomic E-state index is 12.5. The van der Waals surface area contributed by atoms with Crippen LogP contribution in [0.5, 0.6) is 0 Å². The first-order valence-electron chi connectivity index (χ1n) is 8.04. The quantitative estimate of drug-likeness (QED) is 0.856. The highest BCUT2D eigenvalue weighted by Crippen LogP contribution is 2.23. The first kappa shape index (κ1) is 15.0. The summed E-state index contributed by atoms with van der Waals surface area (Å²) in [5, 5.41) is 13.6. The number of nitrogens with zero attached hydrogens (tertiary/aromatic N) is 1. The predicted octanol–water partition coefficient (Wildman–Crippen LogP) is 2.91. The van der Waals surface area contributed by atoms with Crippen molar-refractivity contribution >= 4 is 16.8 Å². The second kappa shape index (κ2) is 6.88. The molecule has 1 saturated carbocycles. The molecule has 22 heavy (non-hydrogen) atoms. The van der Waals surface area contributed by atoms with Crippen LogP contribution in [0.25, 0.3) is 10.9 Å². The third-order valence-electron chi connectivity index (χ3n) is 4.58. The fraction of sp³-hybridized carbons (Fsp3) is 0.444. The van der Waals surface area contributed by atoms with E-state index in [1.807, 2.05) is 30.3 Å². The number of aliphatic hydroxyl groups is 1. The summed E-state index contributed by atoms with van der Waals surface area (Å²) in [5.74, 6) is 0.115. The Morgan fingerprint density at radius 2 is 2.09 bits per heavy atom. The molecular formula is C18H22N2O2. The topological polar surface area (TPSA) is 62.2 Å². The minimum atomic E-state index is -0.0592. The number of nitrogens with one attached hydrogen (secondary N) is 1. The van der Waals surface area contributed by atoms with E-state index in [1.165, 1.54) is 6.42 Å². The summed E-state index contributed by atoms with van der Waals surface area (Å²) in [7, 11) is 0. The zero-order chi connectivity index (χ0) is 15.4. The first-order chi connectivity index (χ1) is 10.8. The number of aliphatic hydroxyl groups excluding tert-OH is 1. The Morgan fingerprint density at radius 3 is 2.95 bits per heavy atom. The lowest BCUT2D eigenvalue weighted by Crippen LogP contribution is -2.41. The van der Waals surface area contributed by atoms with Crippen LogP contribution >= 0.6 is 0 Å². The second-order valence-corrected chi connectivity index (χ2v) is 6.07. The fourth-order valence-electron chi connectivity index (χ4n) is 3.26. The van der Waals surface area contributed by atoms with E-state index in [4.69, 9.17) is 0 Å². The fourth-order valence-corrected chi connectivity index (χ4v) is 3.26. The monoisotopic (exact) mass is 298 g/mol. The molecule has 0 bridgehead atoms. The van der Waals surface area contributed by atoms with Crippen LogP contribution in [-0.4, -0.2) is 28.6 Å². The Morgan fingerprint density at radius 1 is 1.23 bits per heavy atom. The molecule has 0 radical (unpaired) electrons. The van der Waals surface area contributed by atoms with E-state index in [2.05, 4.69) is 10.3 Å². The van der Waals surface area contributed by atoms with Gasteiger partial charge in [0.15, 0.2) is 0 Å². The Kier molecular flexibility index (Phi) is 4.68. The van der Waals surface area contributed by atoms with Crippen LogP contribution in [0.15, 0.2) is 36.5 Å². The van der Waals surface area contributed by atoms with Crippen molar-refractivity contribution < 1.29 is 9.90 Å². The molecule has 2 N–H and O–H groups in total. The number of carbonyl (C=O) groups is 1. The molecule has 1 amide bonds. The van der Waals surface area contributed by atoms with Gasteiger partial charge in [0, 0.05) is 35.7 Å². The average molecular weight is 298 g/mol. The van der Waals surface area contributed by atoms with Gasteiger partial charge in [0.2, 0.25) is 0 Å². The van der Waals surface area contributed by atoms with Gasteiger partial charge in [-0.2, -0.15) is 0 Å². The Hall–Kier alpha value is -1.94. The zero-order valence-corrected chi connectivity index (χ0v) is 12.7. The van der Waals surface area contributed by atoms with E-state index in [-0.39, 0.29) is 24.5 Å². The number of hydrogen-bond donors (Lipinski definition) is 2. The van der Waals surface area contributed by atoms with E-state index in [9.17, 15) is 9.90 Å². The molecule has 4 heteroatoms. The molecule has 116 valence electrons. The number of amides is 1. The highest BCUT2D eigenvalue weighted by Gasteiger charge is 2.24. The summed E-state index contributed by atoms with van der Waals surface area (Å²) in [5.41, 5.74) is 1.54. The molecule has 1 aliphatic carbocycles. The molecule has 1 fully saturated rings. The minimum absolute atomic E-state index is 0.0592. The van der Waals surface area contributed by atoms with E-state index in [0.717, 1.165) is 36.6 Å². The molecule has 3 rings (SSSR count). The van der Waals surface area contributed by atoms with Gasteiger partial charge in [-0.15, -0.1) is 0 Å². The molecule has 1 aliphatic rings. The van der Waals surface area contributed by atoms with Gasteiger partial charge >= 0.3 is 0 Å². The SMILES string of the molecule is O=C(NC1CCCCCC1CO)c1ccc2ncccc2c1. The summed E-state index contributed by atoms with van der Waals surface area (Å²) in [6.07, 6.45) is 7.13. The molecular weight excluding hydrogens is 276 g/mol. The molecule has 2 aromatic rings. The highest BCUT2D eigenvalue weighted by atomic mass is 16.3. The smallest absolute Gasteiger partial charge is 0.251 e. The van der Waals surface area contributed by atoms with Crippen molar-refractivity contribution in [3.63, 3.8) is 0 Å². The second-order valence-electron chi connectivity index (χ2n) is 6.07. The number of aromatic nitrogens is 1.